The fraction of sp³-hybridized carbons (Fsp3) is 0.286. The van der Waals surface area contributed by atoms with Crippen LogP contribution in [0.1, 0.15) is 24.6 Å². The van der Waals surface area contributed by atoms with Crippen molar-refractivity contribution in [1.82, 2.24) is 4.57 Å². The monoisotopic (exact) mass is 292 g/mol. The zero-order valence-electron chi connectivity index (χ0n) is 10.9. The molecule has 0 spiro atoms. The first-order valence-electron chi connectivity index (χ1n) is 6.49. The van der Waals surface area contributed by atoms with Crippen LogP contribution in [0.2, 0.25) is 0 Å². The van der Waals surface area contributed by atoms with E-state index in [1.165, 1.54) is 6.07 Å². The van der Waals surface area contributed by atoms with Gasteiger partial charge in [0.1, 0.15) is 4.90 Å². The second kappa shape index (κ2) is 4.96. The molecule has 0 unspecified atom stereocenters. The maximum atomic E-state index is 12.3. The highest BCUT2D eigenvalue weighted by atomic mass is 32.2. The summed E-state index contributed by atoms with van der Waals surface area (Å²) in [4.78, 5) is 0.192. The van der Waals surface area contributed by atoms with Crippen molar-refractivity contribution in [2.45, 2.75) is 30.4 Å². The van der Waals surface area contributed by atoms with Crippen molar-refractivity contribution in [1.29, 1.82) is 0 Å². The van der Waals surface area contributed by atoms with Gasteiger partial charge < -0.3 is 9.67 Å². The Morgan fingerprint density at radius 1 is 1.25 bits per heavy atom. The topological polar surface area (TPSA) is 71.3 Å². The van der Waals surface area contributed by atoms with Crippen LogP contribution in [0.4, 0.5) is 5.69 Å². The SMILES string of the molecule is O=S(=O)(Nc1ccccc1)c1cc(CO)n(C2CC2)c1. The van der Waals surface area contributed by atoms with Crippen molar-refractivity contribution >= 4 is 15.7 Å². The van der Waals surface area contributed by atoms with E-state index in [-0.39, 0.29) is 11.5 Å². The normalized spacial score (nSPS) is 15.2. The van der Waals surface area contributed by atoms with E-state index >= 15 is 0 Å². The number of aliphatic hydroxyl groups is 1. The van der Waals surface area contributed by atoms with E-state index in [4.69, 9.17) is 0 Å². The van der Waals surface area contributed by atoms with Gasteiger partial charge in [-0.15, -0.1) is 0 Å². The second-order valence-corrected chi connectivity index (χ2v) is 6.62. The van der Waals surface area contributed by atoms with E-state index in [0.717, 1.165) is 12.8 Å². The highest BCUT2D eigenvalue weighted by Gasteiger charge is 2.28. The molecule has 20 heavy (non-hydrogen) atoms. The maximum absolute atomic E-state index is 12.3. The minimum atomic E-state index is -3.61. The number of hydrogen-bond donors (Lipinski definition) is 2. The molecule has 1 fully saturated rings. The van der Waals surface area contributed by atoms with Gasteiger partial charge in [0.05, 0.1) is 6.61 Å². The number of benzene rings is 1. The Morgan fingerprint density at radius 3 is 2.55 bits per heavy atom. The summed E-state index contributed by atoms with van der Waals surface area (Å²) in [7, 11) is -3.61. The highest BCUT2D eigenvalue weighted by molar-refractivity contribution is 7.92. The molecule has 0 aliphatic heterocycles. The third kappa shape index (κ3) is 2.57. The number of rotatable bonds is 5. The number of sulfonamides is 1. The van der Waals surface area contributed by atoms with Crippen LogP contribution in [-0.4, -0.2) is 18.1 Å². The molecule has 1 aliphatic rings. The van der Waals surface area contributed by atoms with E-state index in [2.05, 4.69) is 4.72 Å². The molecule has 0 atom stereocenters. The predicted octanol–water partition coefficient (Wildman–Crippen LogP) is 2.12. The molecule has 106 valence electrons. The van der Waals surface area contributed by atoms with Crippen molar-refractivity contribution in [2.75, 3.05) is 4.72 Å². The number of nitrogens with one attached hydrogen (secondary N) is 1. The Bertz CT molecular complexity index is 703. The number of nitrogens with zero attached hydrogens (tertiary/aromatic N) is 1. The Kier molecular flexibility index (Phi) is 3.27. The van der Waals surface area contributed by atoms with Gasteiger partial charge in [-0.2, -0.15) is 0 Å². The smallest absolute Gasteiger partial charge is 0.263 e. The Hall–Kier alpha value is -1.79. The summed E-state index contributed by atoms with van der Waals surface area (Å²) in [6.07, 6.45) is 3.68. The van der Waals surface area contributed by atoms with Crippen LogP contribution in [0.5, 0.6) is 0 Å². The average Bonchev–Trinajstić information content (AvgIpc) is 3.18. The molecule has 0 bridgehead atoms. The summed E-state index contributed by atoms with van der Waals surface area (Å²) >= 11 is 0. The first kappa shape index (κ1) is 13.2. The van der Waals surface area contributed by atoms with Gasteiger partial charge in [-0.3, -0.25) is 4.72 Å². The van der Waals surface area contributed by atoms with Crippen LogP contribution in [0.15, 0.2) is 47.5 Å². The van der Waals surface area contributed by atoms with Gasteiger partial charge in [0, 0.05) is 23.6 Å². The first-order valence-corrected chi connectivity index (χ1v) is 7.98. The van der Waals surface area contributed by atoms with Crippen molar-refractivity contribution < 1.29 is 13.5 Å². The van der Waals surface area contributed by atoms with Crippen LogP contribution >= 0.6 is 0 Å². The lowest BCUT2D eigenvalue weighted by molar-refractivity contribution is 0.270. The van der Waals surface area contributed by atoms with E-state index in [1.54, 1.807) is 30.5 Å². The second-order valence-electron chi connectivity index (χ2n) is 4.94. The Morgan fingerprint density at radius 2 is 1.95 bits per heavy atom. The number of para-hydroxylation sites is 1. The van der Waals surface area contributed by atoms with Gasteiger partial charge in [-0.05, 0) is 31.0 Å². The average molecular weight is 292 g/mol. The summed E-state index contributed by atoms with van der Waals surface area (Å²) in [6.45, 7) is -0.155. The van der Waals surface area contributed by atoms with Crippen LogP contribution in [0.25, 0.3) is 0 Å². The molecule has 6 heteroatoms. The molecule has 1 heterocycles. The van der Waals surface area contributed by atoms with E-state index in [1.807, 2.05) is 10.6 Å². The predicted molar refractivity (Wildman–Crippen MR) is 75.9 cm³/mol. The zero-order chi connectivity index (χ0) is 14.2. The molecular formula is C14H16N2O3S. The number of aromatic nitrogens is 1. The summed E-state index contributed by atoms with van der Waals surface area (Å²) in [5.74, 6) is 0. The maximum Gasteiger partial charge on any atom is 0.263 e. The number of aliphatic hydroxyl groups excluding tert-OH is 1. The summed E-state index contributed by atoms with van der Waals surface area (Å²) in [5, 5.41) is 9.33. The number of hydrogen-bond acceptors (Lipinski definition) is 3. The molecule has 2 aromatic rings. The largest absolute Gasteiger partial charge is 0.390 e. The van der Waals surface area contributed by atoms with Gasteiger partial charge in [-0.1, -0.05) is 18.2 Å². The van der Waals surface area contributed by atoms with Gasteiger partial charge in [0.2, 0.25) is 0 Å². The van der Waals surface area contributed by atoms with Crippen molar-refractivity contribution in [3.05, 3.63) is 48.3 Å². The fourth-order valence-electron chi connectivity index (χ4n) is 2.18. The molecule has 0 saturated heterocycles. The molecule has 0 radical (unpaired) electrons. The molecule has 1 aromatic carbocycles. The van der Waals surface area contributed by atoms with E-state index < -0.39 is 10.0 Å². The quantitative estimate of drug-likeness (QED) is 0.886. The molecule has 1 aromatic heterocycles. The lowest BCUT2D eigenvalue weighted by Crippen LogP contribution is -2.12. The van der Waals surface area contributed by atoms with Crippen LogP contribution < -0.4 is 4.72 Å². The molecule has 5 nitrogen and oxygen atoms in total. The number of anilines is 1. The van der Waals surface area contributed by atoms with Gasteiger partial charge in [-0.25, -0.2) is 8.42 Å². The van der Waals surface area contributed by atoms with Gasteiger partial charge in [0.25, 0.3) is 10.0 Å². The third-order valence-electron chi connectivity index (χ3n) is 3.35. The molecule has 3 rings (SSSR count). The zero-order valence-corrected chi connectivity index (χ0v) is 11.7. The van der Waals surface area contributed by atoms with E-state index in [0.29, 0.717) is 17.4 Å². The molecular weight excluding hydrogens is 276 g/mol. The Labute approximate surface area is 117 Å². The van der Waals surface area contributed by atoms with Gasteiger partial charge in [0.15, 0.2) is 0 Å². The minimum absolute atomic E-state index is 0.155. The van der Waals surface area contributed by atoms with E-state index in [9.17, 15) is 13.5 Å². The Balaban J connectivity index is 1.91. The van der Waals surface area contributed by atoms with Crippen LogP contribution in [0.3, 0.4) is 0 Å². The summed E-state index contributed by atoms with van der Waals surface area (Å²) in [6, 6.07) is 10.6. The van der Waals surface area contributed by atoms with Crippen molar-refractivity contribution in [3.8, 4) is 0 Å². The minimum Gasteiger partial charge on any atom is -0.390 e. The highest BCUT2D eigenvalue weighted by Crippen LogP contribution is 2.37. The standard InChI is InChI=1S/C14H16N2O3S/c17-10-13-8-14(9-16(13)12-6-7-12)20(18,19)15-11-4-2-1-3-5-11/h1-5,8-9,12,15,17H,6-7,10H2. The van der Waals surface area contributed by atoms with Gasteiger partial charge >= 0.3 is 0 Å². The summed E-state index contributed by atoms with van der Waals surface area (Å²) in [5.41, 5.74) is 1.16. The fourth-order valence-corrected chi connectivity index (χ4v) is 3.29. The van der Waals surface area contributed by atoms with Crippen LogP contribution in [-0.2, 0) is 16.6 Å². The van der Waals surface area contributed by atoms with Crippen molar-refractivity contribution in [2.24, 2.45) is 0 Å². The first-order chi connectivity index (χ1) is 9.60. The molecule has 1 saturated carbocycles. The lowest BCUT2D eigenvalue weighted by Gasteiger charge is -2.06. The lowest BCUT2D eigenvalue weighted by atomic mass is 10.3. The van der Waals surface area contributed by atoms with Crippen molar-refractivity contribution in [3.63, 3.8) is 0 Å². The molecule has 1 aliphatic carbocycles. The molecule has 0 amide bonds. The summed E-state index contributed by atoms with van der Waals surface area (Å²) < 4.78 is 29.0. The van der Waals surface area contributed by atoms with Crippen LogP contribution in [0, 0.1) is 0 Å². The molecule has 2 N–H and O–H groups in total. The third-order valence-corrected chi connectivity index (χ3v) is 4.69.